The van der Waals surface area contributed by atoms with E-state index in [4.69, 9.17) is 5.73 Å². The first-order valence-electron chi connectivity index (χ1n) is 7.41. The average molecular weight is 317 g/mol. The number of carbonyl (C=O) groups excluding carboxylic acids is 1. The van der Waals surface area contributed by atoms with Crippen LogP contribution >= 0.6 is 11.3 Å². The molecule has 2 heterocycles. The van der Waals surface area contributed by atoms with Gasteiger partial charge in [0.15, 0.2) is 5.01 Å². The summed E-state index contributed by atoms with van der Waals surface area (Å²) in [5, 5.41) is 12.2. The summed E-state index contributed by atoms with van der Waals surface area (Å²) in [5.74, 6) is -0.239. The molecule has 22 heavy (non-hydrogen) atoms. The van der Waals surface area contributed by atoms with Crippen LogP contribution in [0.4, 0.5) is 5.13 Å². The lowest BCUT2D eigenvalue weighted by Crippen LogP contribution is -2.51. The van der Waals surface area contributed by atoms with Crippen LogP contribution in [0.2, 0.25) is 0 Å². The molecule has 1 saturated carbocycles. The molecule has 0 aliphatic heterocycles. The number of nitrogens with two attached hydrogens (primary N) is 1. The SMILES string of the molecule is CC1(N)CCCCC1C(=O)Nc1nnc(-c2ccccn2)s1. The molecule has 3 N–H and O–H groups in total. The summed E-state index contributed by atoms with van der Waals surface area (Å²) in [7, 11) is 0. The van der Waals surface area contributed by atoms with Gasteiger partial charge in [0.2, 0.25) is 11.0 Å². The first-order chi connectivity index (χ1) is 10.6. The Kier molecular flexibility index (Phi) is 4.17. The topological polar surface area (TPSA) is 93.8 Å². The number of nitrogens with zero attached hydrogens (tertiary/aromatic N) is 3. The number of nitrogens with one attached hydrogen (secondary N) is 1. The van der Waals surface area contributed by atoms with Crippen molar-refractivity contribution >= 4 is 22.4 Å². The van der Waals surface area contributed by atoms with Crippen LogP contribution in [0, 0.1) is 5.92 Å². The van der Waals surface area contributed by atoms with Gasteiger partial charge in [-0.15, -0.1) is 10.2 Å². The van der Waals surface area contributed by atoms with Crippen LogP contribution in [0.3, 0.4) is 0 Å². The molecule has 7 heteroatoms. The molecule has 0 spiro atoms. The van der Waals surface area contributed by atoms with E-state index in [9.17, 15) is 4.79 Å². The predicted molar refractivity (Wildman–Crippen MR) is 86.3 cm³/mol. The van der Waals surface area contributed by atoms with Crippen molar-refractivity contribution in [1.29, 1.82) is 0 Å². The fourth-order valence-corrected chi connectivity index (χ4v) is 3.57. The summed E-state index contributed by atoms with van der Waals surface area (Å²) in [6.07, 6.45) is 5.53. The molecule has 2 aromatic rings. The lowest BCUT2D eigenvalue weighted by atomic mass is 9.74. The van der Waals surface area contributed by atoms with Crippen LogP contribution in [-0.2, 0) is 4.79 Å². The fourth-order valence-electron chi connectivity index (χ4n) is 2.85. The maximum Gasteiger partial charge on any atom is 0.231 e. The van der Waals surface area contributed by atoms with Gasteiger partial charge in [0.05, 0.1) is 5.92 Å². The molecule has 116 valence electrons. The zero-order chi connectivity index (χ0) is 15.6. The third-order valence-corrected chi connectivity index (χ3v) is 4.97. The highest BCUT2D eigenvalue weighted by molar-refractivity contribution is 7.18. The Balaban J connectivity index is 1.71. The molecule has 3 rings (SSSR count). The van der Waals surface area contributed by atoms with Gasteiger partial charge in [0.1, 0.15) is 5.69 Å². The number of anilines is 1. The lowest BCUT2D eigenvalue weighted by molar-refractivity contribution is -0.122. The van der Waals surface area contributed by atoms with Gasteiger partial charge in [-0.1, -0.05) is 30.2 Å². The van der Waals surface area contributed by atoms with Crippen LogP contribution in [-0.4, -0.2) is 26.6 Å². The van der Waals surface area contributed by atoms with E-state index in [-0.39, 0.29) is 11.8 Å². The largest absolute Gasteiger partial charge is 0.325 e. The molecule has 1 amide bonds. The van der Waals surface area contributed by atoms with E-state index in [1.165, 1.54) is 11.3 Å². The Hall–Kier alpha value is -1.86. The Morgan fingerprint density at radius 3 is 3.00 bits per heavy atom. The molecule has 2 unspecified atom stereocenters. The molecule has 1 aliphatic carbocycles. The predicted octanol–water partition coefficient (Wildman–Crippen LogP) is 2.45. The first kappa shape index (κ1) is 15.1. The first-order valence-corrected chi connectivity index (χ1v) is 8.22. The van der Waals surface area contributed by atoms with Gasteiger partial charge >= 0.3 is 0 Å². The van der Waals surface area contributed by atoms with E-state index in [2.05, 4.69) is 20.5 Å². The summed E-state index contributed by atoms with van der Waals surface area (Å²) in [4.78, 5) is 16.7. The number of carbonyl (C=O) groups is 1. The quantitative estimate of drug-likeness (QED) is 0.907. The van der Waals surface area contributed by atoms with Crippen molar-refractivity contribution in [2.45, 2.75) is 38.1 Å². The highest BCUT2D eigenvalue weighted by Crippen LogP contribution is 2.33. The van der Waals surface area contributed by atoms with Crippen LogP contribution in [0.15, 0.2) is 24.4 Å². The van der Waals surface area contributed by atoms with Gasteiger partial charge in [0, 0.05) is 11.7 Å². The zero-order valence-electron chi connectivity index (χ0n) is 12.5. The van der Waals surface area contributed by atoms with E-state index < -0.39 is 5.54 Å². The maximum atomic E-state index is 12.5. The smallest absolute Gasteiger partial charge is 0.231 e. The molecule has 2 atom stereocenters. The Labute approximate surface area is 133 Å². The van der Waals surface area contributed by atoms with Crippen molar-refractivity contribution in [2.24, 2.45) is 11.7 Å². The van der Waals surface area contributed by atoms with Crippen molar-refractivity contribution in [1.82, 2.24) is 15.2 Å². The van der Waals surface area contributed by atoms with E-state index in [1.807, 2.05) is 25.1 Å². The van der Waals surface area contributed by atoms with Crippen LogP contribution in [0.1, 0.15) is 32.6 Å². The van der Waals surface area contributed by atoms with Gasteiger partial charge in [-0.05, 0) is 31.9 Å². The van der Waals surface area contributed by atoms with Crippen LogP contribution in [0.25, 0.3) is 10.7 Å². The molecule has 0 aromatic carbocycles. The van der Waals surface area contributed by atoms with Gasteiger partial charge < -0.3 is 11.1 Å². The number of pyridine rings is 1. The van der Waals surface area contributed by atoms with Crippen molar-refractivity contribution in [3.05, 3.63) is 24.4 Å². The summed E-state index contributed by atoms with van der Waals surface area (Å²) < 4.78 is 0. The van der Waals surface area contributed by atoms with E-state index in [0.717, 1.165) is 31.4 Å². The Morgan fingerprint density at radius 1 is 1.41 bits per heavy atom. The van der Waals surface area contributed by atoms with Crippen molar-refractivity contribution in [3.63, 3.8) is 0 Å². The van der Waals surface area contributed by atoms with Gasteiger partial charge in [-0.25, -0.2) is 0 Å². The normalized spacial score (nSPS) is 24.9. The molecule has 6 nitrogen and oxygen atoms in total. The van der Waals surface area contributed by atoms with Crippen molar-refractivity contribution in [2.75, 3.05) is 5.32 Å². The van der Waals surface area contributed by atoms with E-state index >= 15 is 0 Å². The number of aromatic nitrogens is 3. The molecule has 1 aliphatic rings. The minimum atomic E-state index is -0.448. The fraction of sp³-hybridized carbons (Fsp3) is 0.467. The minimum absolute atomic E-state index is 0.0616. The summed E-state index contributed by atoms with van der Waals surface area (Å²) >= 11 is 1.32. The second-order valence-electron chi connectivity index (χ2n) is 5.92. The van der Waals surface area contributed by atoms with E-state index in [0.29, 0.717) is 10.1 Å². The molecular formula is C15H19N5OS. The molecule has 0 radical (unpaired) electrons. The molecule has 1 fully saturated rings. The Bertz CT molecular complexity index is 655. The van der Waals surface area contributed by atoms with Gasteiger partial charge in [-0.2, -0.15) is 0 Å². The van der Waals surface area contributed by atoms with Gasteiger partial charge in [0.25, 0.3) is 0 Å². The number of hydrogen-bond donors (Lipinski definition) is 2. The third-order valence-electron chi connectivity index (χ3n) is 4.11. The standard InChI is InChI=1S/C15H19N5OS/c1-15(16)8-4-2-6-10(15)12(21)18-14-20-19-13(22-14)11-7-3-5-9-17-11/h3,5,7,9-10H,2,4,6,8,16H2,1H3,(H,18,20,21). The summed E-state index contributed by atoms with van der Waals surface area (Å²) in [5.41, 5.74) is 6.57. The number of rotatable bonds is 3. The zero-order valence-corrected chi connectivity index (χ0v) is 13.3. The Morgan fingerprint density at radius 2 is 2.27 bits per heavy atom. The second kappa shape index (κ2) is 6.10. The molecular weight excluding hydrogens is 298 g/mol. The van der Waals surface area contributed by atoms with Crippen LogP contribution in [0.5, 0.6) is 0 Å². The van der Waals surface area contributed by atoms with Crippen molar-refractivity contribution in [3.8, 4) is 10.7 Å². The highest BCUT2D eigenvalue weighted by atomic mass is 32.1. The van der Waals surface area contributed by atoms with Crippen molar-refractivity contribution < 1.29 is 4.79 Å². The lowest BCUT2D eigenvalue weighted by Gasteiger charge is -2.36. The molecule has 0 saturated heterocycles. The van der Waals surface area contributed by atoms with Crippen LogP contribution < -0.4 is 11.1 Å². The number of hydrogen-bond acceptors (Lipinski definition) is 6. The third kappa shape index (κ3) is 3.15. The molecule has 2 aromatic heterocycles. The minimum Gasteiger partial charge on any atom is -0.325 e. The average Bonchev–Trinajstić information content (AvgIpc) is 2.96. The number of amides is 1. The second-order valence-corrected chi connectivity index (χ2v) is 6.90. The molecule has 0 bridgehead atoms. The highest BCUT2D eigenvalue weighted by Gasteiger charge is 2.38. The van der Waals surface area contributed by atoms with Gasteiger partial charge in [-0.3, -0.25) is 9.78 Å². The summed E-state index contributed by atoms with van der Waals surface area (Å²) in [6, 6.07) is 5.60. The summed E-state index contributed by atoms with van der Waals surface area (Å²) in [6.45, 7) is 1.95. The maximum absolute atomic E-state index is 12.5. The monoisotopic (exact) mass is 317 g/mol. The van der Waals surface area contributed by atoms with E-state index in [1.54, 1.807) is 6.20 Å².